The van der Waals surface area contributed by atoms with Crippen LogP contribution >= 0.6 is 0 Å². The van der Waals surface area contributed by atoms with E-state index in [9.17, 15) is 0 Å². The van der Waals surface area contributed by atoms with Gasteiger partial charge in [-0.3, -0.25) is 4.99 Å². The zero-order chi connectivity index (χ0) is 10.6. The predicted octanol–water partition coefficient (Wildman–Crippen LogP) is 3.67. The van der Waals surface area contributed by atoms with Crippen LogP contribution in [-0.2, 0) is 0 Å². The van der Waals surface area contributed by atoms with Crippen molar-refractivity contribution >= 4 is 5.71 Å². The van der Waals surface area contributed by atoms with Crippen LogP contribution in [0, 0.1) is 5.92 Å². The SMILES string of the molecule is C=C(N=C(C)c1ccccc1)C(C)C. The second-order valence-corrected chi connectivity index (χ2v) is 3.71. The Morgan fingerprint density at radius 1 is 1.21 bits per heavy atom. The summed E-state index contributed by atoms with van der Waals surface area (Å²) >= 11 is 0. The molecule has 0 fully saturated rings. The molecule has 0 aliphatic carbocycles. The lowest BCUT2D eigenvalue weighted by molar-refractivity contribution is 0.762. The van der Waals surface area contributed by atoms with Crippen LogP contribution in [0.15, 0.2) is 47.6 Å². The molecule has 0 atom stereocenters. The number of nitrogens with zero attached hydrogens (tertiary/aromatic N) is 1. The third-order valence-corrected chi connectivity index (χ3v) is 2.17. The quantitative estimate of drug-likeness (QED) is 0.640. The van der Waals surface area contributed by atoms with E-state index < -0.39 is 0 Å². The standard InChI is InChI=1S/C13H17N/c1-10(2)11(3)14-12(4)13-8-6-5-7-9-13/h5-10H,3H2,1-2,4H3. The van der Waals surface area contributed by atoms with E-state index in [0.29, 0.717) is 5.92 Å². The van der Waals surface area contributed by atoms with Gasteiger partial charge in [-0.05, 0) is 18.4 Å². The van der Waals surface area contributed by atoms with Crippen molar-refractivity contribution in [3.63, 3.8) is 0 Å². The molecule has 0 saturated heterocycles. The lowest BCUT2D eigenvalue weighted by atomic mass is 10.1. The molecular weight excluding hydrogens is 170 g/mol. The summed E-state index contributed by atoms with van der Waals surface area (Å²) < 4.78 is 0. The fraction of sp³-hybridized carbons (Fsp3) is 0.308. The zero-order valence-electron chi connectivity index (χ0n) is 9.12. The Morgan fingerprint density at radius 2 is 1.79 bits per heavy atom. The number of hydrogen-bond donors (Lipinski definition) is 0. The molecule has 0 spiro atoms. The van der Waals surface area contributed by atoms with Crippen molar-refractivity contribution in [3.05, 3.63) is 48.2 Å². The monoisotopic (exact) mass is 187 g/mol. The van der Waals surface area contributed by atoms with Gasteiger partial charge in [0.15, 0.2) is 0 Å². The van der Waals surface area contributed by atoms with Crippen LogP contribution < -0.4 is 0 Å². The third-order valence-electron chi connectivity index (χ3n) is 2.17. The molecule has 0 radical (unpaired) electrons. The summed E-state index contributed by atoms with van der Waals surface area (Å²) in [5, 5.41) is 0. The molecule has 0 aromatic heterocycles. The van der Waals surface area contributed by atoms with E-state index >= 15 is 0 Å². The molecule has 0 amide bonds. The van der Waals surface area contributed by atoms with Gasteiger partial charge in [0.25, 0.3) is 0 Å². The highest BCUT2D eigenvalue weighted by Crippen LogP contribution is 2.10. The van der Waals surface area contributed by atoms with Crippen molar-refractivity contribution in [2.24, 2.45) is 10.9 Å². The Labute approximate surface area is 86.2 Å². The Kier molecular flexibility index (Phi) is 3.63. The minimum Gasteiger partial charge on any atom is -0.258 e. The fourth-order valence-electron chi connectivity index (χ4n) is 1.09. The van der Waals surface area contributed by atoms with E-state index in [0.717, 1.165) is 17.0 Å². The molecule has 0 heterocycles. The van der Waals surface area contributed by atoms with Gasteiger partial charge >= 0.3 is 0 Å². The molecule has 1 aromatic carbocycles. The van der Waals surface area contributed by atoms with Crippen molar-refractivity contribution in [1.29, 1.82) is 0 Å². The largest absolute Gasteiger partial charge is 0.258 e. The zero-order valence-corrected chi connectivity index (χ0v) is 9.12. The molecule has 14 heavy (non-hydrogen) atoms. The van der Waals surface area contributed by atoms with Gasteiger partial charge in [-0.1, -0.05) is 50.8 Å². The van der Waals surface area contributed by atoms with E-state index in [1.807, 2.05) is 25.1 Å². The Balaban J connectivity index is 2.85. The van der Waals surface area contributed by atoms with E-state index in [4.69, 9.17) is 0 Å². The first-order valence-electron chi connectivity index (χ1n) is 4.90. The summed E-state index contributed by atoms with van der Waals surface area (Å²) in [6.07, 6.45) is 0. The van der Waals surface area contributed by atoms with E-state index in [1.165, 1.54) is 0 Å². The highest BCUT2D eigenvalue weighted by Gasteiger charge is 2.00. The molecule has 0 bridgehead atoms. The average Bonchev–Trinajstić information content (AvgIpc) is 2.19. The van der Waals surface area contributed by atoms with Gasteiger partial charge in [0.05, 0.1) is 0 Å². The minimum absolute atomic E-state index is 0.411. The number of aliphatic imine (C=N–C) groups is 1. The van der Waals surface area contributed by atoms with Crippen LogP contribution in [0.1, 0.15) is 26.3 Å². The first kappa shape index (κ1) is 10.7. The van der Waals surface area contributed by atoms with Crippen molar-refractivity contribution < 1.29 is 0 Å². The highest BCUT2D eigenvalue weighted by atomic mass is 14.8. The van der Waals surface area contributed by atoms with E-state index in [-0.39, 0.29) is 0 Å². The van der Waals surface area contributed by atoms with Crippen LogP contribution in [0.3, 0.4) is 0 Å². The average molecular weight is 187 g/mol. The summed E-state index contributed by atoms with van der Waals surface area (Å²) in [6.45, 7) is 10.2. The molecule has 1 nitrogen and oxygen atoms in total. The highest BCUT2D eigenvalue weighted by molar-refractivity contribution is 5.99. The van der Waals surface area contributed by atoms with Crippen LogP contribution in [0.25, 0.3) is 0 Å². The summed E-state index contributed by atoms with van der Waals surface area (Å²) in [7, 11) is 0. The van der Waals surface area contributed by atoms with Gasteiger partial charge in [-0.15, -0.1) is 0 Å². The Bertz CT molecular complexity index is 334. The molecule has 0 saturated carbocycles. The van der Waals surface area contributed by atoms with Crippen LogP contribution in [0.2, 0.25) is 0 Å². The maximum Gasteiger partial charge on any atom is 0.0448 e. The maximum atomic E-state index is 4.47. The smallest absolute Gasteiger partial charge is 0.0448 e. The van der Waals surface area contributed by atoms with Crippen LogP contribution in [-0.4, -0.2) is 5.71 Å². The molecule has 0 aliphatic rings. The van der Waals surface area contributed by atoms with Gasteiger partial charge in [0.2, 0.25) is 0 Å². The van der Waals surface area contributed by atoms with Gasteiger partial charge in [-0.2, -0.15) is 0 Å². The second-order valence-electron chi connectivity index (χ2n) is 3.71. The first-order valence-corrected chi connectivity index (χ1v) is 4.90. The maximum absolute atomic E-state index is 4.47. The fourth-order valence-corrected chi connectivity index (χ4v) is 1.09. The summed E-state index contributed by atoms with van der Waals surface area (Å²) in [4.78, 5) is 4.47. The summed E-state index contributed by atoms with van der Waals surface area (Å²) in [5.74, 6) is 0.411. The molecule has 0 unspecified atom stereocenters. The number of rotatable bonds is 3. The lowest BCUT2D eigenvalue weighted by Crippen LogP contribution is -1.97. The van der Waals surface area contributed by atoms with E-state index in [2.05, 4.69) is 37.6 Å². The normalized spacial score (nSPS) is 11.9. The van der Waals surface area contributed by atoms with Crippen LogP contribution in [0.5, 0.6) is 0 Å². The lowest BCUT2D eigenvalue weighted by Gasteiger charge is -2.05. The molecular formula is C13H17N. The number of hydrogen-bond acceptors (Lipinski definition) is 1. The van der Waals surface area contributed by atoms with Gasteiger partial charge in [0, 0.05) is 11.4 Å². The topological polar surface area (TPSA) is 12.4 Å². The molecule has 0 aliphatic heterocycles. The predicted molar refractivity (Wildman–Crippen MR) is 62.6 cm³/mol. The molecule has 1 aromatic rings. The molecule has 1 heteroatoms. The molecule has 1 rings (SSSR count). The Hall–Kier alpha value is -1.37. The minimum atomic E-state index is 0.411. The molecule has 74 valence electrons. The van der Waals surface area contributed by atoms with Gasteiger partial charge < -0.3 is 0 Å². The van der Waals surface area contributed by atoms with Crippen molar-refractivity contribution in [3.8, 4) is 0 Å². The van der Waals surface area contributed by atoms with Crippen LogP contribution in [0.4, 0.5) is 0 Å². The molecule has 0 N–H and O–H groups in total. The van der Waals surface area contributed by atoms with Gasteiger partial charge in [0.1, 0.15) is 0 Å². The number of allylic oxidation sites excluding steroid dienone is 1. The summed E-state index contributed by atoms with van der Waals surface area (Å²) in [6, 6.07) is 10.2. The Morgan fingerprint density at radius 3 is 2.29 bits per heavy atom. The van der Waals surface area contributed by atoms with Crippen molar-refractivity contribution in [1.82, 2.24) is 0 Å². The first-order chi connectivity index (χ1) is 6.61. The van der Waals surface area contributed by atoms with Crippen molar-refractivity contribution in [2.75, 3.05) is 0 Å². The third kappa shape index (κ3) is 2.84. The van der Waals surface area contributed by atoms with Crippen molar-refractivity contribution in [2.45, 2.75) is 20.8 Å². The van der Waals surface area contributed by atoms with E-state index in [1.54, 1.807) is 0 Å². The summed E-state index contributed by atoms with van der Waals surface area (Å²) in [5.41, 5.74) is 3.13. The number of benzene rings is 1. The second kappa shape index (κ2) is 4.75. The van der Waals surface area contributed by atoms with Gasteiger partial charge in [-0.25, -0.2) is 0 Å².